The second-order valence-electron chi connectivity index (χ2n) is 7.53. The van der Waals surface area contributed by atoms with Crippen molar-refractivity contribution in [3.63, 3.8) is 0 Å². The number of nitrogen functional groups attached to an aromatic ring is 1. The summed E-state index contributed by atoms with van der Waals surface area (Å²) < 4.78 is 0. The molecular formula is C16H28N4. The molecule has 0 atom stereocenters. The van der Waals surface area contributed by atoms with Crippen LogP contribution in [0.5, 0.6) is 0 Å². The lowest BCUT2D eigenvalue weighted by Crippen LogP contribution is -2.24. The molecule has 4 nitrogen and oxygen atoms in total. The van der Waals surface area contributed by atoms with Crippen molar-refractivity contribution in [1.82, 2.24) is 9.97 Å². The van der Waals surface area contributed by atoms with Gasteiger partial charge in [-0.15, -0.1) is 0 Å². The highest BCUT2D eigenvalue weighted by molar-refractivity contribution is 5.55. The molecule has 1 aliphatic rings. The lowest BCUT2D eigenvalue weighted by molar-refractivity contribution is 0.379. The number of anilines is 2. The first-order valence-corrected chi connectivity index (χ1v) is 7.54. The van der Waals surface area contributed by atoms with Gasteiger partial charge in [0.1, 0.15) is 17.5 Å². The summed E-state index contributed by atoms with van der Waals surface area (Å²) in [7, 11) is 0. The first kappa shape index (κ1) is 15.1. The van der Waals surface area contributed by atoms with Gasteiger partial charge in [-0.25, -0.2) is 9.97 Å². The molecule has 1 aromatic rings. The lowest BCUT2D eigenvalue weighted by Gasteiger charge is -2.23. The van der Waals surface area contributed by atoms with Gasteiger partial charge in [0.05, 0.1) is 0 Å². The van der Waals surface area contributed by atoms with Gasteiger partial charge >= 0.3 is 0 Å². The van der Waals surface area contributed by atoms with Crippen LogP contribution in [0.15, 0.2) is 0 Å². The molecule has 0 aliphatic heterocycles. The number of rotatable bonds is 4. The third-order valence-corrected chi connectivity index (χ3v) is 4.58. The number of nitrogens with one attached hydrogen (secondary N) is 1. The molecule has 0 aromatic carbocycles. The molecule has 1 aliphatic carbocycles. The molecule has 20 heavy (non-hydrogen) atoms. The van der Waals surface area contributed by atoms with Crippen molar-refractivity contribution in [2.45, 2.75) is 59.8 Å². The van der Waals surface area contributed by atoms with E-state index in [4.69, 9.17) is 10.7 Å². The molecule has 0 unspecified atom stereocenters. The minimum absolute atomic E-state index is 0.0897. The van der Waals surface area contributed by atoms with E-state index < -0.39 is 0 Å². The zero-order valence-corrected chi connectivity index (χ0v) is 13.7. The van der Waals surface area contributed by atoms with E-state index in [0.717, 1.165) is 23.8 Å². The Morgan fingerprint density at radius 3 is 2.30 bits per heavy atom. The minimum Gasteiger partial charge on any atom is -0.383 e. The molecule has 0 bridgehead atoms. The fourth-order valence-corrected chi connectivity index (χ4v) is 2.42. The minimum atomic E-state index is -0.0897. The molecule has 1 fully saturated rings. The molecule has 3 N–H and O–H groups in total. The maximum absolute atomic E-state index is 6.04. The normalized spacial score (nSPS) is 17.4. The molecule has 4 heteroatoms. The summed E-state index contributed by atoms with van der Waals surface area (Å²) >= 11 is 0. The highest BCUT2D eigenvalue weighted by Gasteiger charge is 2.45. The van der Waals surface area contributed by atoms with Gasteiger partial charge in [-0.1, -0.05) is 34.6 Å². The second-order valence-corrected chi connectivity index (χ2v) is 7.53. The standard InChI is InChI=1S/C16H28N4/c1-10(2)16(7-8-16)9-18-13-11(3)12(17)19-14(20-13)15(4,5)6/h10H,7-9H2,1-6H3,(H3,17,18,19,20). The smallest absolute Gasteiger partial charge is 0.138 e. The van der Waals surface area contributed by atoms with Gasteiger partial charge in [0.25, 0.3) is 0 Å². The number of aromatic nitrogens is 2. The Balaban J connectivity index is 2.21. The molecule has 1 saturated carbocycles. The van der Waals surface area contributed by atoms with Crippen molar-refractivity contribution in [3.05, 3.63) is 11.4 Å². The summed E-state index contributed by atoms with van der Waals surface area (Å²) in [5, 5.41) is 3.52. The Labute approximate surface area is 122 Å². The van der Waals surface area contributed by atoms with E-state index in [0.29, 0.717) is 17.2 Å². The number of hydrogen-bond donors (Lipinski definition) is 2. The maximum Gasteiger partial charge on any atom is 0.138 e. The molecule has 1 aromatic heterocycles. The van der Waals surface area contributed by atoms with E-state index in [1.807, 2.05) is 6.92 Å². The maximum atomic E-state index is 6.04. The fraction of sp³-hybridized carbons (Fsp3) is 0.750. The number of hydrogen-bond acceptors (Lipinski definition) is 4. The zero-order chi connectivity index (χ0) is 15.1. The van der Waals surface area contributed by atoms with Crippen LogP contribution in [0.2, 0.25) is 0 Å². The summed E-state index contributed by atoms with van der Waals surface area (Å²) in [6, 6.07) is 0. The van der Waals surface area contributed by atoms with E-state index in [2.05, 4.69) is 44.9 Å². The Bertz CT molecular complexity index is 496. The predicted octanol–water partition coefficient (Wildman–Crippen LogP) is 3.51. The Morgan fingerprint density at radius 2 is 1.85 bits per heavy atom. The van der Waals surface area contributed by atoms with E-state index in [-0.39, 0.29) is 5.41 Å². The third-order valence-electron chi connectivity index (χ3n) is 4.58. The van der Waals surface area contributed by atoms with Crippen molar-refractivity contribution < 1.29 is 0 Å². The summed E-state index contributed by atoms with van der Waals surface area (Å²) in [4.78, 5) is 9.12. The topological polar surface area (TPSA) is 63.8 Å². The average molecular weight is 276 g/mol. The molecule has 112 valence electrons. The largest absolute Gasteiger partial charge is 0.383 e. The molecule has 0 amide bonds. The van der Waals surface area contributed by atoms with Crippen LogP contribution in [-0.4, -0.2) is 16.5 Å². The van der Waals surface area contributed by atoms with Crippen molar-refractivity contribution in [3.8, 4) is 0 Å². The highest BCUT2D eigenvalue weighted by atomic mass is 15.1. The van der Waals surface area contributed by atoms with Crippen LogP contribution in [0.1, 0.15) is 58.8 Å². The first-order chi connectivity index (χ1) is 9.16. The quantitative estimate of drug-likeness (QED) is 0.883. The predicted molar refractivity (Wildman–Crippen MR) is 84.9 cm³/mol. The third kappa shape index (κ3) is 2.89. The van der Waals surface area contributed by atoms with Gasteiger partial charge in [0.15, 0.2) is 0 Å². The van der Waals surface area contributed by atoms with Crippen LogP contribution in [-0.2, 0) is 5.41 Å². The van der Waals surface area contributed by atoms with E-state index in [1.54, 1.807) is 0 Å². The van der Waals surface area contributed by atoms with Crippen molar-refractivity contribution in [2.75, 3.05) is 17.6 Å². The van der Waals surface area contributed by atoms with E-state index in [9.17, 15) is 0 Å². The lowest BCUT2D eigenvalue weighted by atomic mass is 9.92. The van der Waals surface area contributed by atoms with Crippen LogP contribution in [0, 0.1) is 18.3 Å². The van der Waals surface area contributed by atoms with Crippen LogP contribution in [0.3, 0.4) is 0 Å². The molecule has 0 saturated heterocycles. The van der Waals surface area contributed by atoms with Crippen LogP contribution >= 0.6 is 0 Å². The Kier molecular flexibility index (Phi) is 3.69. The summed E-state index contributed by atoms with van der Waals surface area (Å²) in [6.45, 7) is 13.9. The van der Waals surface area contributed by atoms with Crippen molar-refractivity contribution in [1.29, 1.82) is 0 Å². The monoisotopic (exact) mass is 276 g/mol. The molecular weight excluding hydrogens is 248 g/mol. The summed E-state index contributed by atoms with van der Waals surface area (Å²) in [5.41, 5.74) is 7.36. The van der Waals surface area contributed by atoms with Crippen LogP contribution in [0.4, 0.5) is 11.6 Å². The second kappa shape index (κ2) is 4.90. The van der Waals surface area contributed by atoms with Crippen molar-refractivity contribution >= 4 is 11.6 Å². The summed E-state index contributed by atoms with van der Waals surface area (Å²) in [6.07, 6.45) is 2.62. The van der Waals surface area contributed by atoms with Crippen LogP contribution < -0.4 is 11.1 Å². The van der Waals surface area contributed by atoms with Gasteiger partial charge in [-0.2, -0.15) is 0 Å². The molecule has 2 rings (SSSR count). The summed E-state index contributed by atoms with van der Waals surface area (Å²) in [5.74, 6) is 2.99. The number of nitrogens with zero attached hydrogens (tertiary/aromatic N) is 2. The number of nitrogens with two attached hydrogens (primary N) is 1. The van der Waals surface area contributed by atoms with Gasteiger partial charge in [-0.05, 0) is 31.1 Å². The van der Waals surface area contributed by atoms with Gasteiger partial charge in [0.2, 0.25) is 0 Å². The van der Waals surface area contributed by atoms with Crippen LogP contribution in [0.25, 0.3) is 0 Å². The Morgan fingerprint density at radius 1 is 1.25 bits per heavy atom. The molecule has 0 radical (unpaired) electrons. The average Bonchev–Trinajstić information content (AvgIpc) is 3.10. The Hall–Kier alpha value is -1.32. The van der Waals surface area contributed by atoms with Gasteiger partial charge < -0.3 is 11.1 Å². The zero-order valence-electron chi connectivity index (χ0n) is 13.7. The highest BCUT2D eigenvalue weighted by Crippen LogP contribution is 2.51. The SMILES string of the molecule is Cc1c(N)nc(C(C)(C)C)nc1NCC1(C(C)C)CC1. The van der Waals surface area contributed by atoms with Gasteiger partial charge in [0, 0.05) is 17.5 Å². The van der Waals surface area contributed by atoms with Crippen molar-refractivity contribution in [2.24, 2.45) is 11.3 Å². The fourth-order valence-electron chi connectivity index (χ4n) is 2.42. The van der Waals surface area contributed by atoms with E-state index in [1.165, 1.54) is 12.8 Å². The molecule has 0 spiro atoms. The van der Waals surface area contributed by atoms with E-state index >= 15 is 0 Å². The first-order valence-electron chi connectivity index (χ1n) is 7.54. The van der Waals surface area contributed by atoms with Gasteiger partial charge in [-0.3, -0.25) is 0 Å². The molecule has 1 heterocycles.